The molecule has 1 heterocycles. The predicted octanol–water partition coefficient (Wildman–Crippen LogP) is 1.56. The molecule has 0 amide bonds. The van der Waals surface area contributed by atoms with Crippen molar-refractivity contribution in [3.05, 3.63) is 0 Å². The van der Waals surface area contributed by atoms with Gasteiger partial charge in [-0.25, -0.2) is 12.7 Å². The zero-order valence-corrected chi connectivity index (χ0v) is 11.2. The predicted molar refractivity (Wildman–Crippen MR) is 66.2 cm³/mol. The Kier molecular flexibility index (Phi) is 3.88. The van der Waals surface area contributed by atoms with Gasteiger partial charge < -0.3 is 0 Å². The van der Waals surface area contributed by atoms with Crippen LogP contribution in [0.5, 0.6) is 0 Å². The number of hydrogen-bond donors (Lipinski definition) is 0. The Balaban J connectivity index is 2.08. The summed E-state index contributed by atoms with van der Waals surface area (Å²) in [5.41, 5.74) is 0. The van der Waals surface area contributed by atoms with Gasteiger partial charge in [0, 0.05) is 19.0 Å². The normalized spacial score (nSPS) is 28.4. The van der Waals surface area contributed by atoms with E-state index < -0.39 is 10.0 Å². The third-order valence-corrected chi connectivity index (χ3v) is 6.41. The Morgan fingerprint density at radius 3 is 2.35 bits per heavy atom. The van der Waals surface area contributed by atoms with Crippen molar-refractivity contribution < 1.29 is 13.2 Å². The molecule has 0 N–H and O–H groups in total. The van der Waals surface area contributed by atoms with E-state index in [9.17, 15) is 13.2 Å². The fourth-order valence-electron chi connectivity index (χ4n) is 2.90. The fourth-order valence-corrected chi connectivity index (χ4v) is 5.02. The molecule has 1 atom stereocenters. The average Bonchev–Trinajstić information content (AvgIpc) is 2.83. The summed E-state index contributed by atoms with van der Waals surface area (Å²) in [6.07, 6.45) is 5.29. The summed E-state index contributed by atoms with van der Waals surface area (Å²) in [6, 6.07) is 0. The topological polar surface area (TPSA) is 54.5 Å². The zero-order chi connectivity index (χ0) is 12.5. The number of Topliss-reactive ketones (excluding diaryl/α,β-unsaturated/α-hetero) is 1. The lowest BCUT2D eigenvalue weighted by atomic mass is 9.96. The van der Waals surface area contributed by atoms with Crippen molar-refractivity contribution in [2.45, 2.75) is 50.7 Å². The molecule has 4 nitrogen and oxygen atoms in total. The number of rotatable bonds is 3. The molecule has 2 aliphatic rings. The quantitative estimate of drug-likeness (QED) is 0.773. The Labute approximate surface area is 103 Å². The Morgan fingerprint density at radius 1 is 1.12 bits per heavy atom. The summed E-state index contributed by atoms with van der Waals surface area (Å²) >= 11 is 0. The molecule has 0 aromatic carbocycles. The van der Waals surface area contributed by atoms with E-state index in [1.807, 2.05) is 0 Å². The summed E-state index contributed by atoms with van der Waals surface area (Å²) in [5.74, 6) is 0.0382. The Bertz CT molecular complexity index is 385. The molecule has 0 aromatic heterocycles. The molecule has 2 fully saturated rings. The van der Waals surface area contributed by atoms with Gasteiger partial charge in [0.15, 0.2) is 0 Å². The molecule has 0 bridgehead atoms. The lowest BCUT2D eigenvalue weighted by Gasteiger charge is -2.32. The van der Waals surface area contributed by atoms with Crippen LogP contribution in [0.25, 0.3) is 0 Å². The molecule has 1 unspecified atom stereocenters. The largest absolute Gasteiger partial charge is 0.300 e. The maximum Gasteiger partial charge on any atom is 0.217 e. The molecule has 5 heteroatoms. The minimum absolute atomic E-state index is 0.0834. The van der Waals surface area contributed by atoms with Crippen LogP contribution in [-0.2, 0) is 14.8 Å². The molecule has 1 saturated carbocycles. The number of carbonyl (C=O) groups excluding carboxylic acids is 1. The van der Waals surface area contributed by atoms with Gasteiger partial charge in [0.2, 0.25) is 10.0 Å². The van der Waals surface area contributed by atoms with Crippen molar-refractivity contribution in [3.8, 4) is 0 Å². The number of carbonyl (C=O) groups is 1. The van der Waals surface area contributed by atoms with Crippen molar-refractivity contribution >= 4 is 15.8 Å². The first kappa shape index (κ1) is 13.0. The molecule has 2 rings (SSSR count). The van der Waals surface area contributed by atoms with Crippen molar-refractivity contribution in [3.63, 3.8) is 0 Å². The summed E-state index contributed by atoms with van der Waals surface area (Å²) in [4.78, 5) is 11.4. The number of ketones is 1. The summed E-state index contributed by atoms with van der Waals surface area (Å²) in [5, 5.41) is -0.187. The molecular weight excluding hydrogens is 238 g/mol. The zero-order valence-electron chi connectivity index (χ0n) is 10.4. The SMILES string of the molecule is CC(=O)C1CCCN(S(=O)(=O)C2CCCC2)C1. The lowest BCUT2D eigenvalue weighted by molar-refractivity contribution is -0.121. The maximum absolute atomic E-state index is 12.4. The highest BCUT2D eigenvalue weighted by Gasteiger charge is 2.37. The first-order chi connectivity index (χ1) is 8.01. The Hall–Kier alpha value is -0.420. The second-order valence-corrected chi connectivity index (χ2v) is 7.47. The van der Waals surface area contributed by atoms with E-state index in [-0.39, 0.29) is 17.0 Å². The fraction of sp³-hybridized carbons (Fsp3) is 0.917. The molecule has 1 saturated heterocycles. The second-order valence-electron chi connectivity index (χ2n) is 5.26. The van der Waals surface area contributed by atoms with Crippen LogP contribution in [0.15, 0.2) is 0 Å². The molecule has 0 radical (unpaired) electrons. The van der Waals surface area contributed by atoms with E-state index in [0.29, 0.717) is 13.1 Å². The minimum Gasteiger partial charge on any atom is -0.300 e. The highest BCUT2D eigenvalue weighted by Crippen LogP contribution is 2.29. The van der Waals surface area contributed by atoms with E-state index in [1.54, 1.807) is 11.2 Å². The first-order valence-electron chi connectivity index (χ1n) is 6.51. The summed E-state index contributed by atoms with van der Waals surface area (Å²) in [7, 11) is -3.15. The van der Waals surface area contributed by atoms with Crippen LogP contribution in [0.2, 0.25) is 0 Å². The molecule has 98 valence electrons. The molecular formula is C12H21NO3S. The highest BCUT2D eigenvalue weighted by molar-refractivity contribution is 7.89. The average molecular weight is 259 g/mol. The van der Waals surface area contributed by atoms with Crippen LogP contribution in [0.1, 0.15) is 45.4 Å². The van der Waals surface area contributed by atoms with Crippen LogP contribution in [0.4, 0.5) is 0 Å². The lowest BCUT2D eigenvalue weighted by Crippen LogP contribution is -2.45. The third-order valence-electron chi connectivity index (χ3n) is 4.04. The minimum atomic E-state index is -3.15. The van der Waals surface area contributed by atoms with Crippen LogP contribution in [0, 0.1) is 5.92 Å². The van der Waals surface area contributed by atoms with Gasteiger partial charge in [0.1, 0.15) is 5.78 Å². The summed E-state index contributed by atoms with van der Waals surface area (Å²) < 4.78 is 26.3. The van der Waals surface area contributed by atoms with E-state index in [2.05, 4.69) is 0 Å². The van der Waals surface area contributed by atoms with Gasteiger partial charge in [-0.3, -0.25) is 4.79 Å². The van der Waals surface area contributed by atoms with Gasteiger partial charge in [-0.2, -0.15) is 0 Å². The molecule has 1 aliphatic carbocycles. The second kappa shape index (κ2) is 5.06. The third kappa shape index (κ3) is 2.71. The van der Waals surface area contributed by atoms with Crippen LogP contribution >= 0.6 is 0 Å². The summed E-state index contributed by atoms with van der Waals surface area (Å²) in [6.45, 7) is 2.58. The first-order valence-corrected chi connectivity index (χ1v) is 8.01. The molecule has 17 heavy (non-hydrogen) atoms. The van der Waals surface area contributed by atoms with Crippen molar-refractivity contribution in [2.75, 3.05) is 13.1 Å². The standard InChI is InChI=1S/C12H21NO3S/c1-10(14)11-5-4-8-13(9-11)17(15,16)12-6-2-3-7-12/h11-12H,2-9H2,1H3. The van der Waals surface area contributed by atoms with E-state index in [1.165, 1.54) is 0 Å². The monoisotopic (exact) mass is 259 g/mol. The maximum atomic E-state index is 12.4. The van der Waals surface area contributed by atoms with Gasteiger partial charge in [0.25, 0.3) is 0 Å². The van der Waals surface area contributed by atoms with E-state index >= 15 is 0 Å². The number of hydrogen-bond acceptors (Lipinski definition) is 3. The van der Waals surface area contributed by atoms with Crippen molar-refractivity contribution in [1.29, 1.82) is 0 Å². The highest BCUT2D eigenvalue weighted by atomic mass is 32.2. The van der Waals surface area contributed by atoms with Gasteiger partial charge in [-0.05, 0) is 32.6 Å². The van der Waals surface area contributed by atoms with Crippen LogP contribution < -0.4 is 0 Å². The van der Waals surface area contributed by atoms with Crippen molar-refractivity contribution in [1.82, 2.24) is 4.31 Å². The molecule has 0 aromatic rings. The number of sulfonamides is 1. The van der Waals surface area contributed by atoms with Gasteiger partial charge in [-0.15, -0.1) is 0 Å². The smallest absolute Gasteiger partial charge is 0.217 e. The van der Waals surface area contributed by atoms with Gasteiger partial charge in [0.05, 0.1) is 5.25 Å². The Morgan fingerprint density at radius 2 is 1.76 bits per heavy atom. The molecule has 1 aliphatic heterocycles. The number of piperidine rings is 1. The van der Waals surface area contributed by atoms with Crippen LogP contribution in [-0.4, -0.2) is 36.8 Å². The van der Waals surface area contributed by atoms with E-state index in [4.69, 9.17) is 0 Å². The van der Waals surface area contributed by atoms with Crippen molar-refractivity contribution in [2.24, 2.45) is 5.92 Å². The van der Waals surface area contributed by atoms with Gasteiger partial charge in [-0.1, -0.05) is 12.8 Å². The van der Waals surface area contributed by atoms with E-state index in [0.717, 1.165) is 38.5 Å². The van der Waals surface area contributed by atoms with Gasteiger partial charge >= 0.3 is 0 Å². The molecule has 0 spiro atoms. The van der Waals surface area contributed by atoms with Crippen LogP contribution in [0.3, 0.4) is 0 Å². The number of nitrogens with zero attached hydrogens (tertiary/aromatic N) is 1.